The number of hydrogen-bond acceptors (Lipinski definition) is 5. The highest BCUT2D eigenvalue weighted by Crippen LogP contribution is 2.34. The van der Waals surface area contributed by atoms with Crippen molar-refractivity contribution >= 4 is 23.4 Å². The Morgan fingerprint density at radius 2 is 2.19 bits per heavy atom. The van der Waals surface area contributed by atoms with Gasteiger partial charge in [0.05, 0.1) is 17.3 Å². The Labute approximate surface area is 126 Å². The second kappa shape index (κ2) is 6.13. The van der Waals surface area contributed by atoms with Gasteiger partial charge < -0.3 is 19.2 Å². The van der Waals surface area contributed by atoms with Gasteiger partial charge in [0.25, 0.3) is 0 Å². The number of carbonyl (C=O) groups excluding carboxylic acids is 1. The van der Waals surface area contributed by atoms with Crippen LogP contribution in [0, 0.1) is 0 Å². The summed E-state index contributed by atoms with van der Waals surface area (Å²) in [7, 11) is 0. The molecular formula is C15H15NO4S. The zero-order chi connectivity index (χ0) is 14.7. The van der Waals surface area contributed by atoms with E-state index in [0.29, 0.717) is 22.9 Å². The number of nitrogens with one attached hydrogen (secondary N) is 1. The van der Waals surface area contributed by atoms with E-state index in [-0.39, 0.29) is 18.0 Å². The van der Waals surface area contributed by atoms with Crippen molar-refractivity contribution in [1.29, 1.82) is 0 Å². The first-order valence-corrected chi connectivity index (χ1v) is 7.62. The Kier molecular flexibility index (Phi) is 4.06. The molecule has 1 aliphatic heterocycles. The number of anilines is 1. The van der Waals surface area contributed by atoms with Gasteiger partial charge in [-0.3, -0.25) is 4.79 Å². The largest absolute Gasteiger partial charge is 0.468 e. The van der Waals surface area contributed by atoms with Gasteiger partial charge in [-0.15, -0.1) is 11.8 Å². The third-order valence-corrected chi connectivity index (χ3v) is 4.23. The van der Waals surface area contributed by atoms with Gasteiger partial charge in [-0.05, 0) is 31.2 Å². The van der Waals surface area contributed by atoms with Gasteiger partial charge in [0.2, 0.25) is 12.7 Å². The Bertz CT molecular complexity index is 627. The van der Waals surface area contributed by atoms with Crippen LogP contribution in [-0.4, -0.2) is 18.0 Å². The van der Waals surface area contributed by atoms with E-state index >= 15 is 0 Å². The molecule has 0 fully saturated rings. The lowest BCUT2D eigenvalue weighted by molar-refractivity contribution is -0.115. The van der Waals surface area contributed by atoms with Gasteiger partial charge in [-0.25, -0.2) is 0 Å². The molecule has 0 radical (unpaired) electrons. The number of amides is 1. The Hall–Kier alpha value is -2.08. The van der Waals surface area contributed by atoms with Gasteiger partial charge in [0.1, 0.15) is 5.76 Å². The molecule has 2 aromatic rings. The van der Waals surface area contributed by atoms with Crippen LogP contribution in [0.4, 0.5) is 5.69 Å². The average Bonchev–Trinajstić information content (AvgIpc) is 3.15. The van der Waals surface area contributed by atoms with Crippen LogP contribution in [0.25, 0.3) is 0 Å². The predicted octanol–water partition coefficient (Wildman–Crippen LogP) is 3.27. The molecule has 6 heteroatoms. The Morgan fingerprint density at radius 1 is 1.33 bits per heavy atom. The molecule has 0 saturated heterocycles. The van der Waals surface area contributed by atoms with E-state index in [1.54, 1.807) is 24.5 Å². The van der Waals surface area contributed by atoms with Crippen LogP contribution in [0.3, 0.4) is 0 Å². The molecule has 2 heterocycles. The molecule has 1 unspecified atom stereocenters. The molecule has 1 aromatic carbocycles. The van der Waals surface area contributed by atoms with Crippen molar-refractivity contribution in [3.05, 3.63) is 42.4 Å². The summed E-state index contributed by atoms with van der Waals surface area (Å²) in [5.74, 6) is 2.84. The van der Waals surface area contributed by atoms with E-state index in [0.717, 1.165) is 5.76 Å². The zero-order valence-electron chi connectivity index (χ0n) is 11.5. The standard InChI is InChI=1S/C15H15NO4S/c1-10(21-8-12-3-2-6-18-12)15(17)16-11-4-5-13-14(7-11)20-9-19-13/h2-7,10H,8-9H2,1H3,(H,16,17). The molecule has 0 spiro atoms. The number of carbonyl (C=O) groups is 1. The molecule has 1 aliphatic rings. The summed E-state index contributed by atoms with van der Waals surface area (Å²) in [6, 6.07) is 9.10. The van der Waals surface area contributed by atoms with E-state index in [1.165, 1.54) is 11.8 Å². The molecule has 1 N–H and O–H groups in total. The summed E-state index contributed by atoms with van der Waals surface area (Å²) in [5.41, 5.74) is 0.703. The fraction of sp³-hybridized carbons (Fsp3) is 0.267. The van der Waals surface area contributed by atoms with Crippen LogP contribution in [0.5, 0.6) is 11.5 Å². The van der Waals surface area contributed by atoms with Crippen LogP contribution < -0.4 is 14.8 Å². The van der Waals surface area contributed by atoms with Crippen LogP contribution in [0.1, 0.15) is 12.7 Å². The first kappa shape index (κ1) is 13.9. The number of fused-ring (bicyclic) bond motifs is 1. The fourth-order valence-electron chi connectivity index (χ4n) is 1.90. The van der Waals surface area contributed by atoms with E-state index in [9.17, 15) is 4.79 Å². The minimum atomic E-state index is -0.180. The SMILES string of the molecule is CC(SCc1ccco1)C(=O)Nc1ccc2c(c1)OCO2. The van der Waals surface area contributed by atoms with E-state index in [4.69, 9.17) is 13.9 Å². The highest BCUT2D eigenvalue weighted by atomic mass is 32.2. The maximum atomic E-state index is 12.1. The van der Waals surface area contributed by atoms with E-state index < -0.39 is 0 Å². The second-order valence-corrected chi connectivity index (χ2v) is 5.92. The minimum absolute atomic E-state index is 0.0505. The topological polar surface area (TPSA) is 60.7 Å². The monoisotopic (exact) mass is 305 g/mol. The van der Waals surface area contributed by atoms with E-state index in [1.807, 2.05) is 19.1 Å². The number of thioether (sulfide) groups is 1. The lowest BCUT2D eigenvalue weighted by atomic mass is 10.2. The summed E-state index contributed by atoms with van der Waals surface area (Å²) >= 11 is 1.53. The van der Waals surface area contributed by atoms with Gasteiger partial charge in [-0.1, -0.05) is 0 Å². The number of ether oxygens (including phenoxy) is 2. The molecule has 110 valence electrons. The molecule has 21 heavy (non-hydrogen) atoms. The van der Waals surface area contributed by atoms with Crippen LogP contribution in [0.2, 0.25) is 0 Å². The third-order valence-electron chi connectivity index (χ3n) is 3.07. The predicted molar refractivity (Wildman–Crippen MR) is 80.7 cm³/mol. The maximum absolute atomic E-state index is 12.1. The van der Waals surface area contributed by atoms with Crippen molar-refractivity contribution in [3.63, 3.8) is 0 Å². The first-order valence-electron chi connectivity index (χ1n) is 6.57. The molecule has 5 nitrogen and oxygen atoms in total. The van der Waals surface area contributed by atoms with Gasteiger partial charge in [-0.2, -0.15) is 0 Å². The Balaban J connectivity index is 1.55. The molecule has 1 amide bonds. The van der Waals surface area contributed by atoms with E-state index in [2.05, 4.69) is 5.32 Å². The van der Waals surface area contributed by atoms with Crippen LogP contribution in [-0.2, 0) is 10.5 Å². The van der Waals surface area contributed by atoms with Crippen molar-refractivity contribution < 1.29 is 18.7 Å². The summed E-state index contributed by atoms with van der Waals surface area (Å²) < 4.78 is 15.8. The molecular weight excluding hydrogens is 290 g/mol. The first-order chi connectivity index (χ1) is 10.2. The van der Waals surface area contributed by atoms with Crippen molar-refractivity contribution in [1.82, 2.24) is 0 Å². The van der Waals surface area contributed by atoms with Gasteiger partial charge >= 0.3 is 0 Å². The maximum Gasteiger partial charge on any atom is 0.237 e. The summed E-state index contributed by atoms with van der Waals surface area (Å²) in [6.07, 6.45) is 1.63. The van der Waals surface area contributed by atoms with Crippen LogP contribution >= 0.6 is 11.8 Å². The van der Waals surface area contributed by atoms with Crippen LogP contribution in [0.15, 0.2) is 41.0 Å². The number of rotatable bonds is 5. The average molecular weight is 305 g/mol. The normalized spacial score (nSPS) is 14.0. The van der Waals surface area contributed by atoms with Gasteiger partial charge in [0, 0.05) is 11.8 Å². The van der Waals surface area contributed by atoms with Crippen molar-refractivity contribution in [2.45, 2.75) is 17.9 Å². The highest BCUT2D eigenvalue weighted by molar-refractivity contribution is 7.99. The number of hydrogen-bond donors (Lipinski definition) is 1. The lowest BCUT2D eigenvalue weighted by Gasteiger charge is -2.11. The quantitative estimate of drug-likeness (QED) is 0.918. The van der Waals surface area contributed by atoms with Crippen molar-refractivity contribution in [3.8, 4) is 11.5 Å². The summed E-state index contributed by atoms with van der Waals surface area (Å²) in [6.45, 7) is 2.10. The summed E-state index contributed by atoms with van der Waals surface area (Å²) in [5, 5.41) is 2.70. The lowest BCUT2D eigenvalue weighted by Crippen LogP contribution is -2.22. The molecule has 3 rings (SSSR count). The fourth-order valence-corrected chi connectivity index (χ4v) is 2.68. The highest BCUT2D eigenvalue weighted by Gasteiger charge is 2.17. The second-order valence-electron chi connectivity index (χ2n) is 4.59. The summed E-state index contributed by atoms with van der Waals surface area (Å²) in [4.78, 5) is 12.1. The molecule has 1 aromatic heterocycles. The van der Waals surface area contributed by atoms with Crippen molar-refractivity contribution in [2.75, 3.05) is 12.1 Å². The molecule has 0 bridgehead atoms. The zero-order valence-corrected chi connectivity index (χ0v) is 12.3. The van der Waals surface area contributed by atoms with Crippen molar-refractivity contribution in [2.24, 2.45) is 0 Å². The molecule has 0 aliphatic carbocycles. The Morgan fingerprint density at radius 3 is 3.00 bits per heavy atom. The smallest absolute Gasteiger partial charge is 0.237 e. The molecule has 1 atom stereocenters. The third kappa shape index (κ3) is 3.33. The minimum Gasteiger partial charge on any atom is -0.468 e. The molecule has 0 saturated carbocycles. The number of benzene rings is 1. The number of furan rings is 1. The van der Waals surface area contributed by atoms with Gasteiger partial charge in [0.15, 0.2) is 11.5 Å².